The molecule has 4 fully saturated rings. The van der Waals surface area contributed by atoms with Gasteiger partial charge >= 0.3 is 5.97 Å². The lowest BCUT2D eigenvalue weighted by Gasteiger charge is -2.63. The molecule has 1 unspecified atom stereocenters. The van der Waals surface area contributed by atoms with E-state index < -0.39 is 82.2 Å². The van der Waals surface area contributed by atoms with Crippen molar-refractivity contribution in [2.75, 3.05) is 6.61 Å². The van der Waals surface area contributed by atoms with Gasteiger partial charge in [-0.2, -0.15) is 0 Å². The van der Waals surface area contributed by atoms with E-state index in [1.54, 1.807) is 20.8 Å². The number of halogens is 2. The van der Waals surface area contributed by atoms with Crippen molar-refractivity contribution in [3.8, 4) is 0 Å². The van der Waals surface area contributed by atoms with E-state index in [0.29, 0.717) is 0 Å². The van der Waals surface area contributed by atoms with Crippen LogP contribution in [0.1, 0.15) is 53.9 Å². The Labute approximate surface area is 202 Å². The Bertz CT molecular complexity index is 1070. The normalized spacial score (nSPS) is 49.4. The summed E-state index contributed by atoms with van der Waals surface area (Å²) in [6.45, 7) is 7.28. The molecule has 0 spiro atoms. The number of Topliss-reactive ketones (excluding diaryl/α,β-unsaturated/α-hetero) is 1. The number of ketones is 2. The van der Waals surface area contributed by atoms with Gasteiger partial charge in [0.2, 0.25) is 5.78 Å². The second-order valence-electron chi connectivity index (χ2n) is 11.6. The summed E-state index contributed by atoms with van der Waals surface area (Å²) in [4.78, 5) is 37.1. The molecule has 0 radical (unpaired) electrons. The molecule has 192 valence electrons. The quantitative estimate of drug-likeness (QED) is 0.603. The van der Waals surface area contributed by atoms with Crippen molar-refractivity contribution in [3.63, 3.8) is 0 Å². The summed E-state index contributed by atoms with van der Waals surface area (Å²) in [5, 5.41) is 11.5. The Balaban J connectivity index is 1.62. The van der Waals surface area contributed by atoms with Gasteiger partial charge in [0.1, 0.15) is 6.17 Å². The zero-order chi connectivity index (χ0) is 25.8. The highest BCUT2D eigenvalue weighted by Crippen LogP contribution is 2.72. The first-order chi connectivity index (χ1) is 16.1. The maximum atomic E-state index is 17.3. The molecule has 7 nitrogen and oxygen atoms in total. The van der Waals surface area contributed by atoms with Gasteiger partial charge in [-0.3, -0.25) is 14.4 Å². The number of fused-ring (bicyclic) bond motifs is 7. The van der Waals surface area contributed by atoms with Gasteiger partial charge in [-0.25, -0.2) is 8.78 Å². The topological polar surface area (TPSA) is 99.1 Å². The Morgan fingerprint density at radius 1 is 1.20 bits per heavy atom. The van der Waals surface area contributed by atoms with Crippen LogP contribution in [0.3, 0.4) is 0 Å². The van der Waals surface area contributed by atoms with E-state index in [2.05, 4.69) is 0 Å². The van der Waals surface area contributed by atoms with E-state index in [1.165, 1.54) is 26.0 Å². The van der Waals surface area contributed by atoms with Crippen LogP contribution in [0.25, 0.3) is 0 Å². The molecule has 0 aromatic carbocycles. The predicted octanol–water partition coefficient (Wildman–Crippen LogP) is 2.94. The van der Waals surface area contributed by atoms with Gasteiger partial charge in [-0.1, -0.05) is 13.0 Å². The number of carbonyl (C=O) groups excluding carboxylic acids is 3. The van der Waals surface area contributed by atoms with E-state index in [4.69, 9.17) is 14.2 Å². The van der Waals surface area contributed by atoms with Crippen molar-refractivity contribution in [3.05, 3.63) is 23.8 Å². The zero-order valence-corrected chi connectivity index (χ0v) is 20.6. The first-order valence-corrected chi connectivity index (χ1v) is 12.1. The van der Waals surface area contributed by atoms with Gasteiger partial charge < -0.3 is 19.3 Å². The van der Waals surface area contributed by atoms with Gasteiger partial charge in [0.25, 0.3) is 0 Å². The predicted molar refractivity (Wildman–Crippen MR) is 118 cm³/mol. The van der Waals surface area contributed by atoms with Gasteiger partial charge in [-0.05, 0) is 63.7 Å². The maximum absolute atomic E-state index is 17.3. The number of alkyl halides is 2. The van der Waals surface area contributed by atoms with Crippen LogP contribution in [0.4, 0.5) is 8.78 Å². The third-order valence-corrected chi connectivity index (χ3v) is 9.44. The largest absolute Gasteiger partial charge is 0.458 e. The number of hydrogen-bond acceptors (Lipinski definition) is 7. The summed E-state index contributed by atoms with van der Waals surface area (Å²) >= 11 is 0. The molecule has 1 heterocycles. The number of hydrogen-bond donors (Lipinski definition) is 1. The number of allylic oxidation sites excluding steroid dienone is 4. The van der Waals surface area contributed by atoms with Crippen LogP contribution >= 0.6 is 0 Å². The molecule has 5 aliphatic rings. The lowest BCUT2D eigenvalue weighted by atomic mass is 9.44. The van der Waals surface area contributed by atoms with E-state index in [1.807, 2.05) is 0 Å². The SMILES string of the molecule is CC(=O)OCC(=O)[C@@]12OC(C)(C)O[C@H]1C[C@H]1[C@@H]3C[C@H](F)C4=CC(=O)C=C[C@]4(C)C3(F)[C@@H](O)C[C@@]12C. The molecule has 0 bridgehead atoms. The monoisotopic (exact) mass is 494 g/mol. The number of aliphatic hydroxyl groups is 1. The smallest absolute Gasteiger partial charge is 0.303 e. The summed E-state index contributed by atoms with van der Waals surface area (Å²) in [5.74, 6) is -4.23. The third kappa shape index (κ3) is 2.95. The number of rotatable bonds is 3. The second kappa shape index (κ2) is 7.29. The zero-order valence-electron chi connectivity index (χ0n) is 20.6. The summed E-state index contributed by atoms with van der Waals surface area (Å²) in [7, 11) is 0. The van der Waals surface area contributed by atoms with Crippen molar-refractivity contribution in [1.29, 1.82) is 0 Å². The lowest BCUT2D eigenvalue weighted by molar-refractivity contribution is -0.249. The average Bonchev–Trinajstić information content (AvgIpc) is 3.16. The molecular weight excluding hydrogens is 462 g/mol. The maximum Gasteiger partial charge on any atom is 0.303 e. The van der Waals surface area contributed by atoms with Crippen LogP contribution in [0.5, 0.6) is 0 Å². The van der Waals surface area contributed by atoms with E-state index in [9.17, 15) is 19.5 Å². The molecule has 5 rings (SSSR count). The number of carbonyl (C=O) groups is 3. The number of aliphatic hydroxyl groups excluding tert-OH is 1. The molecule has 0 aromatic heterocycles. The minimum atomic E-state index is -2.27. The highest BCUT2D eigenvalue weighted by molar-refractivity contribution is 6.01. The molecular formula is C26H32F2O7. The molecule has 1 N–H and O–H groups in total. The van der Waals surface area contributed by atoms with Crippen LogP contribution in [-0.4, -0.2) is 64.7 Å². The van der Waals surface area contributed by atoms with Gasteiger partial charge in [0.15, 0.2) is 29.4 Å². The van der Waals surface area contributed by atoms with Crippen molar-refractivity contribution in [2.24, 2.45) is 22.7 Å². The Morgan fingerprint density at radius 3 is 2.54 bits per heavy atom. The molecule has 9 atom stereocenters. The van der Waals surface area contributed by atoms with E-state index >= 15 is 8.78 Å². The Hall–Kier alpha value is -1.97. The molecule has 3 saturated carbocycles. The number of ether oxygens (including phenoxy) is 3. The standard InChI is InChI=1S/C26H32F2O7/c1-13(29)33-12-20(32)26-21(34-22(2,3)35-26)10-15-16-9-18(27)17-8-14(30)6-7-23(17,4)25(16,28)19(31)11-24(15,26)5/h6-8,15-16,18-19,21,31H,9-12H2,1-5H3/t15-,16-,18-,19-,21-,23-,24-,25?,26+/m0/s1. The van der Waals surface area contributed by atoms with Crippen molar-refractivity contribution < 1.29 is 42.5 Å². The Kier molecular flexibility index (Phi) is 5.15. The van der Waals surface area contributed by atoms with Crippen molar-refractivity contribution >= 4 is 17.5 Å². The van der Waals surface area contributed by atoms with Crippen molar-refractivity contribution in [1.82, 2.24) is 0 Å². The van der Waals surface area contributed by atoms with Gasteiger partial charge in [0, 0.05) is 23.7 Å². The first kappa shape index (κ1) is 24.7. The highest BCUT2D eigenvalue weighted by atomic mass is 19.1. The van der Waals surface area contributed by atoms with Gasteiger partial charge in [0.05, 0.1) is 12.2 Å². The molecule has 0 aromatic rings. The molecule has 9 heteroatoms. The summed E-state index contributed by atoms with van der Waals surface area (Å²) < 4.78 is 50.3. The van der Waals surface area contributed by atoms with Crippen LogP contribution in [0, 0.1) is 22.7 Å². The fourth-order valence-electron chi connectivity index (χ4n) is 8.08. The first-order valence-electron chi connectivity index (χ1n) is 12.1. The molecule has 4 aliphatic carbocycles. The van der Waals surface area contributed by atoms with E-state index in [0.717, 1.165) is 6.08 Å². The average molecular weight is 495 g/mol. The summed E-state index contributed by atoms with van der Waals surface area (Å²) in [5.41, 5.74) is -6.46. The Morgan fingerprint density at radius 2 is 1.89 bits per heavy atom. The molecule has 35 heavy (non-hydrogen) atoms. The summed E-state index contributed by atoms with van der Waals surface area (Å²) in [6.07, 6.45) is -0.345. The van der Waals surface area contributed by atoms with Crippen LogP contribution in [-0.2, 0) is 28.6 Å². The molecule has 0 amide bonds. The van der Waals surface area contributed by atoms with Crippen molar-refractivity contribution in [2.45, 2.75) is 89.3 Å². The fourth-order valence-corrected chi connectivity index (χ4v) is 8.08. The lowest BCUT2D eigenvalue weighted by Crippen LogP contribution is -2.71. The highest BCUT2D eigenvalue weighted by Gasteiger charge is 2.80. The summed E-state index contributed by atoms with van der Waals surface area (Å²) in [6, 6.07) is 0. The number of esters is 1. The fraction of sp³-hybridized carbons (Fsp3) is 0.731. The van der Waals surface area contributed by atoms with Crippen LogP contribution in [0.2, 0.25) is 0 Å². The van der Waals surface area contributed by atoms with E-state index in [-0.39, 0.29) is 24.8 Å². The third-order valence-electron chi connectivity index (χ3n) is 9.44. The second-order valence-corrected chi connectivity index (χ2v) is 11.6. The minimum absolute atomic E-state index is 0.0406. The minimum Gasteiger partial charge on any atom is -0.458 e. The molecule has 1 aliphatic heterocycles. The van der Waals surface area contributed by atoms with Crippen LogP contribution in [0.15, 0.2) is 23.8 Å². The van der Waals surface area contributed by atoms with Crippen LogP contribution < -0.4 is 0 Å². The van der Waals surface area contributed by atoms with Gasteiger partial charge in [-0.15, -0.1) is 0 Å². The molecule has 1 saturated heterocycles.